The first kappa shape index (κ1) is 23.3. The Morgan fingerprint density at radius 3 is 2.64 bits per heavy atom. The standard InChI is InChI=1S/C19H38N4S.HI/c1-3-20-19(21-13-7-8-15-24-2)22-17-10-9-14-23(16-17)18-11-5-4-6-12-18;/h17-18H,3-16H2,1-2H3,(H2,20,21,22);1H. The van der Waals surface area contributed by atoms with E-state index in [1.807, 2.05) is 11.8 Å². The van der Waals surface area contributed by atoms with Crippen molar-refractivity contribution in [2.45, 2.75) is 76.8 Å². The number of nitrogens with one attached hydrogen (secondary N) is 2. The monoisotopic (exact) mass is 482 g/mol. The molecule has 148 valence electrons. The summed E-state index contributed by atoms with van der Waals surface area (Å²) in [5, 5.41) is 7.14. The molecule has 4 nitrogen and oxygen atoms in total. The molecule has 0 aromatic heterocycles. The first-order chi connectivity index (χ1) is 11.8. The average Bonchev–Trinajstić information content (AvgIpc) is 2.63. The van der Waals surface area contributed by atoms with Crippen LogP contribution in [0.4, 0.5) is 0 Å². The molecule has 1 saturated heterocycles. The van der Waals surface area contributed by atoms with Gasteiger partial charge in [0, 0.05) is 31.7 Å². The summed E-state index contributed by atoms with van der Waals surface area (Å²) in [5.41, 5.74) is 0. The SMILES string of the molecule is CCNC(=NCCCCSC)NC1CCCN(C2CCCCC2)C1.I. The van der Waals surface area contributed by atoms with Gasteiger partial charge in [0.15, 0.2) is 5.96 Å². The maximum atomic E-state index is 4.78. The van der Waals surface area contributed by atoms with Gasteiger partial charge in [0.1, 0.15) is 0 Å². The van der Waals surface area contributed by atoms with Gasteiger partial charge in [-0.3, -0.25) is 9.89 Å². The van der Waals surface area contributed by atoms with Crippen LogP contribution in [0.5, 0.6) is 0 Å². The summed E-state index contributed by atoms with van der Waals surface area (Å²) < 4.78 is 0. The Balaban J connectivity index is 0.00000312. The second-order valence-corrected chi connectivity index (χ2v) is 8.22. The Bertz CT molecular complexity index is 361. The zero-order chi connectivity index (χ0) is 17.0. The van der Waals surface area contributed by atoms with Crippen LogP contribution in [-0.4, -0.2) is 61.1 Å². The maximum absolute atomic E-state index is 4.78. The van der Waals surface area contributed by atoms with Crippen LogP contribution in [0.3, 0.4) is 0 Å². The molecule has 1 unspecified atom stereocenters. The largest absolute Gasteiger partial charge is 0.357 e. The third-order valence-electron chi connectivity index (χ3n) is 5.26. The molecule has 1 aliphatic carbocycles. The number of nitrogens with zero attached hydrogens (tertiary/aromatic N) is 2. The van der Waals surface area contributed by atoms with Crippen LogP contribution >= 0.6 is 35.7 Å². The molecule has 2 aliphatic rings. The van der Waals surface area contributed by atoms with Gasteiger partial charge in [-0.05, 0) is 64.0 Å². The highest BCUT2D eigenvalue weighted by Gasteiger charge is 2.27. The van der Waals surface area contributed by atoms with Gasteiger partial charge in [-0.15, -0.1) is 24.0 Å². The lowest BCUT2D eigenvalue weighted by molar-refractivity contribution is 0.115. The Labute approximate surface area is 176 Å². The van der Waals surface area contributed by atoms with Crippen molar-refractivity contribution in [2.75, 3.05) is 38.2 Å². The molecule has 0 spiro atoms. The van der Waals surface area contributed by atoms with E-state index in [0.717, 1.165) is 25.1 Å². The summed E-state index contributed by atoms with van der Waals surface area (Å²) in [6.07, 6.45) is 14.4. The van der Waals surface area contributed by atoms with Crippen LogP contribution in [0.25, 0.3) is 0 Å². The van der Waals surface area contributed by atoms with Crippen LogP contribution in [0.15, 0.2) is 4.99 Å². The molecule has 1 heterocycles. The Morgan fingerprint density at radius 1 is 1.12 bits per heavy atom. The van der Waals surface area contributed by atoms with E-state index in [1.165, 1.54) is 76.6 Å². The molecular formula is C19H39IN4S. The minimum atomic E-state index is 0. The fourth-order valence-electron chi connectivity index (χ4n) is 3.96. The number of piperidine rings is 1. The highest BCUT2D eigenvalue weighted by molar-refractivity contribution is 14.0. The van der Waals surface area contributed by atoms with E-state index in [2.05, 4.69) is 28.7 Å². The smallest absolute Gasteiger partial charge is 0.191 e. The van der Waals surface area contributed by atoms with Gasteiger partial charge in [-0.2, -0.15) is 11.8 Å². The van der Waals surface area contributed by atoms with Gasteiger partial charge in [-0.25, -0.2) is 0 Å². The van der Waals surface area contributed by atoms with Gasteiger partial charge in [0.25, 0.3) is 0 Å². The highest BCUT2D eigenvalue weighted by atomic mass is 127. The number of hydrogen-bond donors (Lipinski definition) is 2. The van der Waals surface area contributed by atoms with Crippen molar-refractivity contribution in [3.05, 3.63) is 0 Å². The zero-order valence-electron chi connectivity index (χ0n) is 16.3. The molecule has 0 aromatic carbocycles. The molecule has 1 saturated carbocycles. The molecule has 0 aromatic rings. The summed E-state index contributed by atoms with van der Waals surface area (Å²) in [6.45, 7) is 6.53. The summed E-state index contributed by atoms with van der Waals surface area (Å²) >= 11 is 1.93. The number of rotatable bonds is 8. The highest BCUT2D eigenvalue weighted by Crippen LogP contribution is 2.25. The van der Waals surface area contributed by atoms with E-state index in [1.54, 1.807) is 0 Å². The van der Waals surface area contributed by atoms with Crippen molar-refractivity contribution in [1.82, 2.24) is 15.5 Å². The Kier molecular flexibility index (Phi) is 13.4. The Hall–Kier alpha value is 0.310. The fourth-order valence-corrected chi connectivity index (χ4v) is 4.46. The van der Waals surface area contributed by atoms with E-state index in [0.29, 0.717) is 6.04 Å². The minimum absolute atomic E-state index is 0. The summed E-state index contributed by atoms with van der Waals surface area (Å²) in [5.74, 6) is 2.27. The summed E-state index contributed by atoms with van der Waals surface area (Å²) in [6, 6.07) is 1.40. The quantitative estimate of drug-likeness (QED) is 0.237. The second kappa shape index (κ2) is 14.4. The number of aliphatic imine (C=N–C) groups is 1. The molecule has 25 heavy (non-hydrogen) atoms. The molecule has 0 bridgehead atoms. The van der Waals surface area contributed by atoms with Gasteiger partial charge >= 0.3 is 0 Å². The molecule has 0 amide bonds. The lowest BCUT2D eigenvalue weighted by atomic mass is 9.92. The summed E-state index contributed by atoms with van der Waals surface area (Å²) in [4.78, 5) is 7.54. The van der Waals surface area contributed by atoms with Gasteiger partial charge in [0.2, 0.25) is 0 Å². The van der Waals surface area contributed by atoms with Crippen molar-refractivity contribution in [2.24, 2.45) is 4.99 Å². The van der Waals surface area contributed by atoms with Crippen molar-refractivity contribution < 1.29 is 0 Å². The fraction of sp³-hybridized carbons (Fsp3) is 0.947. The minimum Gasteiger partial charge on any atom is -0.357 e. The predicted molar refractivity (Wildman–Crippen MR) is 124 cm³/mol. The van der Waals surface area contributed by atoms with Crippen LogP contribution in [-0.2, 0) is 0 Å². The van der Waals surface area contributed by atoms with Crippen LogP contribution in [0.1, 0.15) is 64.7 Å². The van der Waals surface area contributed by atoms with Gasteiger partial charge in [0.05, 0.1) is 0 Å². The van der Waals surface area contributed by atoms with Crippen LogP contribution in [0, 0.1) is 0 Å². The zero-order valence-corrected chi connectivity index (χ0v) is 19.4. The molecule has 0 radical (unpaired) electrons. The number of likely N-dealkylation sites (tertiary alicyclic amines) is 1. The molecule has 2 fully saturated rings. The topological polar surface area (TPSA) is 39.7 Å². The lowest BCUT2D eigenvalue weighted by Gasteiger charge is -2.40. The molecular weight excluding hydrogens is 443 g/mol. The van der Waals surface area contributed by atoms with E-state index < -0.39 is 0 Å². The third-order valence-corrected chi connectivity index (χ3v) is 5.95. The van der Waals surface area contributed by atoms with Crippen LogP contribution < -0.4 is 10.6 Å². The summed E-state index contributed by atoms with van der Waals surface area (Å²) in [7, 11) is 0. The second-order valence-electron chi connectivity index (χ2n) is 7.23. The van der Waals surface area contributed by atoms with E-state index >= 15 is 0 Å². The van der Waals surface area contributed by atoms with Crippen LogP contribution in [0.2, 0.25) is 0 Å². The maximum Gasteiger partial charge on any atom is 0.191 e. The van der Waals surface area contributed by atoms with Crippen molar-refractivity contribution in [3.63, 3.8) is 0 Å². The number of halogens is 1. The number of hydrogen-bond acceptors (Lipinski definition) is 3. The molecule has 6 heteroatoms. The van der Waals surface area contributed by atoms with E-state index in [9.17, 15) is 0 Å². The molecule has 2 rings (SSSR count). The number of guanidine groups is 1. The number of thioether (sulfide) groups is 1. The van der Waals surface area contributed by atoms with Crippen molar-refractivity contribution >= 4 is 41.7 Å². The van der Waals surface area contributed by atoms with E-state index in [4.69, 9.17) is 4.99 Å². The molecule has 1 atom stereocenters. The number of unbranched alkanes of at least 4 members (excludes halogenated alkanes) is 1. The van der Waals surface area contributed by atoms with Crippen molar-refractivity contribution in [1.29, 1.82) is 0 Å². The van der Waals surface area contributed by atoms with Gasteiger partial charge < -0.3 is 10.6 Å². The molecule has 1 aliphatic heterocycles. The Morgan fingerprint density at radius 2 is 1.92 bits per heavy atom. The molecule has 2 N–H and O–H groups in total. The predicted octanol–water partition coefficient (Wildman–Crippen LogP) is 4.10. The third kappa shape index (κ3) is 9.18. The van der Waals surface area contributed by atoms with Crippen molar-refractivity contribution in [3.8, 4) is 0 Å². The lowest BCUT2D eigenvalue weighted by Crippen LogP contribution is -2.53. The normalized spacial score (nSPS) is 23.1. The van der Waals surface area contributed by atoms with E-state index in [-0.39, 0.29) is 24.0 Å². The first-order valence-corrected chi connectivity index (χ1v) is 11.5. The first-order valence-electron chi connectivity index (χ1n) is 10.1. The van der Waals surface area contributed by atoms with Gasteiger partial charge in [-0.1, -0.05) is 19.3 Å². The average molecular weight is 483 g/mol.